The highest BCUT2D eigenvalue weighted by Crippen LogP contribution is 2.29. The number of hydrogen-bond donors (Lipinski definition) is 1. The van der Waals surface area contributed by atoms with Crippen LogP contribution < -0.4 is 0 Å². The van der Waals surface area contributed by atoms with Crippen molar-refractivity contribution >= 4 is 21.9 Å². The Kier molecular flexibility index (Phi) is 4.89. The fourth-order valence-electron chi connectivity index (χ4n) is 1.83. The molecule has 1 aromatic heterocycles. The first-order valence-electron chi connectivity index (χ1n) is 6.37. The number of halogens is 1. The minimum atomic E-state index is -0.778. The van der Waals surface area contributed by atoms with Crippen LogP contribution in [0.3, 0.4) is 0 Å². The molecule has 0 unspecified atom stereocenters. The van der Waals surface area contributed by atoms with E-state index in [-0.39, 0.29) is 6.42 Å². The van der Waals surface area contributed by atoms with Gasteiger partial charge in [0.25, 0.3) is 0 Å². The van der Waals surface area contributed by atoms with Crippen LogP contribution in [0.2, 0.25) is 0 Å². The van der Waals surface area contributed by atoms with Gasteiger partial charge in [-0.3, -0.25) is 4.79 Å². The molecular formula is C14H15BrN2O3. The van der Waals surface area contributed by atoms with Crippen molar-refractivity contribution in [3.05, 3.63) is 34.1 Å². The van der Waals surface area contributed by atoms with E-state index in [0.717, 1.165) is 22.0 Å². The molecule has 106 valence electrons. The predicted molar refractivity (Wildman–Crippen MR) is 77.4 cm³/mol. The number of carbonyl (C=O) groups is 1. The molecule has 0 aliphatic rings. The van der Waals surface area contributed by atoms with Crippen molar-refractivity contribution in [2.45, 2.75) is 32.6 Å². The van der Waals surface area contributed by atoms with E-state index in [0.29, 0.717) is 24.6 Å². The van der Waals surface area contributed by atoms with Crippen molar-refractivity contribution in [1.82, 2.24) is 10.2 Å². The van der Waals surface area contributed by atoms with E-state index in [1.807, 2.05) is 25.1 Å². The third-order valence-electron chi connectivity index (χ3n) is 2.92. The zero-order chi connectivity index (χ0) is 14.5. The molecule has 0 amide bonds. The van der Waals surface area contributed by atoms with Gasteiger partial charge in [-0.25, -0.2) is 0 Å². The van der Waals surface area contributed by atoms with Gasteiger partial charge in [0, 0.05) is 17.3 Å². The number of rotatable bonds is 6. The predicted octanol–water partition coefficient (Wildman–Crippen LogP) is 3.60. The molecule has 0 fully saturated rings. The number of aryl methyl sites for hydroxylation is 2. The summed E-state index contributed by atoms with van der Waals surface area (Å²) in [5.41, 5.74) is 1.97. The molecule has 0 saturated heterocycles. The number of hydrogen-bond acceptors (Lipinski definition) is 4. The fraction of sp³-hybridized carbons (Fsp3) is 0.357. The summed E-state index contributed by atoms with van der Waals surface area (Å²) in [5, 5.41) is 16.6. The van der Waals surface area contributed by atoms with Crippen LogP contribution in [0, 0.1) is 6.92 Å². The molecule has 0 aliphatic heterocycles. The Morgan fingerprint density at radius 1 is 1.35 bits per heavy atom. The van der Waals surface area contributed by atoms with Crippen molar-refractivity contribution in [3.8, 4) is 11.5 Å². The second kappa shape index (κ2) is 6.65. The van der Waals surface area contributed by atoms with Gasteiger partial charge in [-0.05, 0) is 47.3 Å². The van der Waals surface area contributed by atoms with Crippen LogP contribution in [0.5, 0.6) is 0 Å². The smallest absolute Gasteiger partial charge is 0.303 e. The number of aliphatic carboxylic acids is 1. The number of carboxylic acids is 1. The van der Waals surface area contributed by atoms with E-state index in [1.165, 1.54) is 0 Å². The Bertz CT molecular complexity index is 610. The van der Waals surface area contributed by atoms with Crippen LogP contribution >= 0.6 is 15.9 Å². The molecule has 2 aromatic rings. The lowest BCUT2D eigenvalue weighted by Gasteiger charge is -2.01. The summed E-state index contributed by atoms with van der Waals surface area (Å²) in [6, 6.07) is 5.85. The first kappa shape index (κ1) is 14.7. The summed E-state index contributed by atoms with van der Waals surface area (Å²) in [6.45, 7) is 2.00. The van der Waals surface area contributed by atoms with E-state index >= 15 is 0 Å². The molecule has 20 heavy (non-hydrogen) atoms. The molecule has 1 N–H and O–H groups in total. The maximum atomic E-state index is 10.4. The van der Waals surface area contributed by atoms with Gasteiger partial charge < -0.3 is 9.52 Å². The van der Waals surface area contributed by atoms with Crippen LogP contribution in [0.1, 0.15) is 30.7 Å². The molecule has 0 radical (unpaired) electrons. The largest absolute Gasteiger partial charge is 0.481 e. The lowest BCUT2D eigenvalue weighted by atomic mass is 10.1. The SMILES string of the molecule is Cc1cccc(-c2nnc(CCCCC(=O)O)o2)c1Br. The fourth-order valence-corrected chi connectivity index (χ4v) is 2.26. The van der Waals surface area contributed by atoms with Crippen molar-refractivity contribution in [2.75, 3.05) is 0 Å². The van der Waals surface area contributed by atoms with E-state index in [1.54, 1.807) is 0 Å². The summed E-state index contributed by atoms with van der Waals surface area (Å²) in [6.07, 6.45) is 2.11. The highest BCUT2D eigenvalue weighted by Gasteiger charge is 2.12. The van der Waals surface area contributed by atoms with Gasteiger partial charge in [0.15, 0.2) is 0 Å². The second-order valence-corrected chi connectivity index (χ2v) is 5.33. The number of nitrogens with zero attached hydrogens (tertiary/aromatic N) is 2. The molecule has 0 bridgehead atoms. The maximum absolute atomic E-state index is 10.4. The Labute approximate surface area is 125 Å². The molecule has 0 spiro atoms. The Balaban J connectivity index is 2.02. The number of aromatic nitrogens is 2. The second-order valence-electron chi connectivity index (χ2n) is 4.54. The highest BCUT2D eigenvalue weighted by molar-refractivity contribution is 9.10. The van der Waals surface area contributed by atoms with Crippen molar-refractivity contribution in [1.29, 1.82) is 0 Å². The Morgan fingerprint density at radius 2 is 2.15 bits per heavy atom. The summed E-state index contributed by atoms with van der Waals surface area (Å²) < 4.78 is 6.56. The van der Waals surface area contributed by atoms with Gasteiger partial charge in [-0.15, -0.1) is 10.2 Å². The van der Waals surface area contributed by atoms with Crippen LogP contribution in [0.25, 0.3) is 11.5 Å². The minimum Gasteiger partial charge on any atom is -0.481 e. The van der Waals surface area contributed by atoms with Gasteiger partial charge >= 0.3 is 5.97 Å². The first-order valence-corrected chi connectivity index (χ1v) is 7.17. The van der Waals surface area contributed by atoms with E-state index in [2.05, 4.69) is 26.1 Å². The van der Waals surface area contributed by atoms with E-state index < -0.39 is 5.97 Å². The molecule has 5 nitrogen and oxygen atoms in total. The summed E-state index contributed by atoms with van der Waals surface area (Å²) in [7, 11) is 0. The van der Waals surface area contributed by atoms with Crippen molar-refractivity contribution < 1.29 is 14.3 Å². The monoisotopic (exact) mass is 338 g/mol. The zero-order valence-electron chi connectivity index (χ0n) is 11.1. The van der Waals surface area contributed by atoms with Crippen LogP contribution in [-0.2, 0) is 11.2 Å². The van der Waals surface area contributed by atoms with Crippen LogP contribution in [-0.4, -0.2) is 21.3 Å². The zero-order valence-corrected chi connectivity index (χ0v) is 12.7. The third kappa shape index (κ3) is 3.66. The van der Waals surface area contributed by atoms with Gasteiger partial charge in [-0.2, -0.15) is 0 Å². The molecule has 1 heterocycles. The number of benzene rings is 1. The normalized spacial score (nSPS) is 10.7. The van der Waals surface area contributed by atoms with Crippen molar-refractivity contribution in [3.63, 3.8) is 0 Å². The van der Waals surface area contributed by atoms with Crippen molar-refractivity contribution in [2.24, 2.45) is 0 Å². The Morgan fingerprint density at radius 3 is 2.90 bits per heavy atom. The first-order chi connectivity index (χ1) is 9.58. The summed E-state index contributed by atoms with van der Waals surface area (Å²) in [4.78, 5) is 10.4. The molecule has 1 aromatic carbocycles. The number of unbranched alkanes of at least 4 members (excludes halogenated alkanes) is 1. The summed E-state index contributed by atoms with van der Waals surface area (Å²) in [5.74, 6) is 0.243. The molecule has 2 rings (SSSR count). The Hall–Kier alpha value is -1.69. The standard InChI is InChI=1S/C14H15BrN2O3/c1-9-5-4-6-10(13(9)15)14-17-16-11(20-14)7-2-3-8-12(18)19/h4-6H,2-3,7-8H2,1H3,(H,18,19). The van der Waals surface area contributed by atoms with Crippen LogP contribution in [0.4, 0.5) is 0 Å². The molecular weight excluding hydrogens is 324 g/mol. The maximum Gasteiger partial charge on any atom is 0.303 e. The average molecular weight is 339 g/mol. The lowest BCUT2D eigenvalue weighted by Crippen LogP contribution is -1.95. The van der Waals surface area contributed by atoms with Gasteiger partial charge in [0.2, 0.25) is 11.8 Å². The summed E-state index contributed by atoms with van der Waals surface area (Å²) >= 11 is 3.51. The average Bonchev–Trinajstić information content (AvgIpc) is 2.86. The molecule has 0 atom stereocenters. The number of carboxylic acid groups (broad SMARTS) is 1. The quantitative estimate of drug-likeness (QED) is 0.814. The van der Waals surface area contributed by atoms with E-state index in [4.69, 9.17) is 9.52 Å². The van der Waals surface area contributed by atoms with Crippen LogP contribution in [0.15, 0.2) is 27.1 Å². The highest BCUT2D eigenvalue weighted by atomic mass is 79.9. The molecule has 0 aliphatic carbocycles. The lowest BCUT2D eigenvalue weighted by molar-refractivity contribution is -0.137. The molecule has 6 heteroatoms. The molecule has 0 saturated carbocycles. The van der Waals surface area contributed by atoms with Gasteiger partial charge in [-0.1, -0.05) is 12.1 Å². The van der Waals surface area contributed by atoms with Gasteiger partial charge in [0.05, 0.1) is 5.56 Å². The topological polar surface area (TPSA) is 76.2 Å². The van der Waals surface area contributed by atoms with Gasteiger partial charge in [0.1, 0.15) is 0 Å². The third-order valence-corrected chi connectivity index (χ3v) is 3.97. The minimum absolute atomic E-state index is 0.171. The van der Waals surface area contributed by atoms with E-state index in [9.17, 15) is 4.79 Å².